The first-order valence-electron chi connectivity index (χ1n) is 6.19. The highest BCUT2D eigenvalue weighted by atomic mass is 16.1. The van der Waals surface area contributed by atoms with E-state index in [1.165, 1.54) is 5.56 Å². The van der Waals surface area contributed by atoms with Gasteiger partial charge in [-0.2, -0.15) is 5.10 Å². The third kappa shape index (κ3) is 2.21. The quantitative estimate of drug-likeness (QED) is 0.775. The lowest BCUT2D eigenvalue weighted by molar-refractivity contribution is 0.102. The second-order valence-electron chi connectivity index (χ2n) is 4.61. The standard InChI is InChI=1S/C15H18N2O/c1-5-17-14(9-12(4)16-17)15(18)13-7-6-10(2)11(3)8-13/h6-9H,5H2,1-4H3. The highest BCUT2D eigenvalue weighted by molar-refractivity contribution is 6.08. The Morgan fingerprint density at radius 1 is 1.17 bits per heavy atom. The van der Waals surface area contributed by atoms with Gasteiger partial charge in [0.15, 0.2) is 0 Å². The highest BCUT2D eigenvalue weighted by Gasteiger charge is 2.15. The van der Waals surface area contributed by atoms with Gasteiger partial charge in [0.1, 0.15) is 5.69 Å². The van der Waals surface area contributed by atoms with Gasteiger partial charge >= 0.3 is 0 Å². The van der Waals surface area contributed by atoms with Crippen molar-refractivity contribution in [3.8, 4) is 0 Å². The van der Waals surface area contributed by atoms with Gasteiger partial charge in [-0.1, -0.05) is 12.1 Å². The van der Waals surface area contributed by atoms with Crippen molar-refractivity contribution in [1.82, 2.24) is 9.78 Å². The molecule has 0 saturated carbocycles. The Balaban J connectivity index is 2.44. The van der Waals surface area contributed by atoms with E-state index in [1.54, 1.807) is 4.68 Å². The highest BCUT2D eigenvalue weighted by Crippen LogP contribution is 2.15. The van der Waals surface area contributed by atoms with E-state index in [-0.39, 0.29) is 5.78 Å². The predicted octanol–water partition coefficient (Wildman–Crippen LogP) is 3.06. The number of hydrogen-bond acceptors (Lipinski definition) is 2. The normalized spacial score (nSPS) is 10.7. The fraction of sp³-hybridized carbons (Fsp3) is 0.333. The van der Waals surface area contributed by atoms with Gasteiger partial charge in [-0.3, -0.25) is 9.48 Å². The molecule has 0 amide bonds. The van der Waals surface area contributed by atoms with Crippen molar-refractivity contribution in [2.45, 2.75) is 34.2 Å². The molecule has 0 saturated heterocycles. The number of carbonyl (C=O) groups excluding carboxylic acids is 1. The van der Waals surface area contributed by atoms with Crippen molar-refractivity contribution >= 4 is 5.78 Å². The molecule has 2 aromatic rings. The van der Waals surface area contributed by atoms with E-state index < -0.39 is 0 Å². The predicted molar refractivity (Wildman–Crippen MR) is 72.0 cm³/mol. The summed E-state index contributed by atoms with van der Waals surface area (Å²) in [4.78, 5) is 12.4. The van der Waals surface area contributed by atoms with Crippen LogP contribution in [0.5, 0.6) is 0 Å². The molecule has 3 heteroatoms. The van der Waals surface area contributed by atoms with E-state index in [0.29, 0.717) is 12.2 Å². The number of rotatable bonds is 3. The Kier molecular flexibility index (Phi) is 3.32. The summed E-state index contributed by atoms with van der Waals surface area (Å²) in [5.74, 6) is 0.0422. The molecule has 0 atom stereocenters. The fourth-order valence-corrected chi connectivity index (χ4v) is 2.00. The van der Waals surface area contributed by atoms with Gasteiger partial charge in [-0.15, -0.1) is 0 Å². The minimum atomic E-state index is 0.0422. The van der Waals surface area contributed by atoms with Gasteiger partial charge in [0, 0.05) is 12.1 Å². The van der Waals surface area contributed by atoms with Gasteiger partial charge in [0.05, 0.1) is 5.69 Å². The van der Waals surface area contributed by atoms with Crippen molar-refractivity contribution < 1.29 is 4.79 Å². The second kappa shape index (κ2) is 4.77. The van der Waals surface area contributed by atoms with Crippen LogP contribution in [0.25, 0.3) is 0 Å². The Hall–Kier alpha value is -1.90. The SMILES string of the molecule is CCn1nc(C)cc1C(=O)c1ccc(C)c(C)c1. The molecule has 1 aromatic heterocycles. The number of benzene rings is 1. The van der Waals surface area contributed by atoms with Crippen molar-refractivity contribution in [2.24, 2.45) is 0 Å². The number of nitrogens with zero attached hydrogens (tertiary/aromatic N) is 2. The Labute approximate surface area is 107 Å². The van der Waals surface area contributed by atoms with Crippen LogP contribution in [-0.4, -0.2) is 15.6 Å². The van der Waals surface area contributed by atoms with Crippen LogP contribution in [-0.2, 0) is 6.54 Å². The molecule has 0 bridgehead atoms. The molecular formula is C15H18N2O. The topological polar surface area (TPSA) is 34.9 Å². The van der Waals surface area contributed by atoms with Crippen LogP contribution in [0.3, 0.4) is 0 Å². The van der Waals surface area contributed by atoms with Gasteiger partial charge in [-0.25, -0.2) is 0 Å². The van der Waals surface area contributed by atoms with Crippen molar-refractivity contribution in [3.05, 3.63) is 52.3 Å². The summed E-state index contributed by atoms with van der Waals surface area (Å²) >= 11 is 0. The minimum absolute atomic E-state index is 0.0422. The molecule has 3 nitrogen and oxygen atoms in total. The van der Waals surface area contributed by atoms with Crippen LogP contribution in [0.4, 0.5) is 0 Å². The average molecular weight is 242 g/mol. The second-order valence-corrected chi connectivity index (χ2v) is 4.61. The summed E-state index contributed by atoms with van der Waals surface area (Å²) in [5, 5.41) is 4.31. The zero-order valence-corrected chi connectivity index (χ0v) is 11.3. The van der Waals surface area contributed by atoms with Crippen molar-refractivity contribution in [1.29, 1.82) is 0 Å². The lowest BCUT2D eigenvalue weighted by Crippen LogP contribution is -2.10. The number of aryl methyl sites for hydroxylation is 4. The van der Waals surface area contributed by atoms with Crippen molar-refractivity contribution in [2.75, 3.05) is 0 Å². The summed E-state index contributed by atoms with van der Waals surface area (Å²) < 4.78 is 1.76. The molecule has 0 spiro atoms. The molecule has 0 aliphatic heterocycles. The molecule has 0 radical (unpaired) electrons. The maximum Gasteiger partial charge on any atom is 0.211 e. The van der Waals surface area contributed by atoms with E-state index in [0.717, 1.165) is 16.8 Å². The lowest BCUT2D eigenvalue weighted by atomic mass is 10.0. The smallest absolute Gasteiger partial charge is 0.211 e. The zero-order valence-electron chi connectivity index (χ0n) is 11.3. The lowest BCUT2D eigenvalue weighted by Gasteiger charge is -2.06. The third-order valence-electron chi connectivity index (χ3n) is 3.20. The summed E-state index contributed by atoms with van der Waals surface area (Å²) in [6, 6.07) is 7.66. The first-order chi connectivity index (χ1) is 8.52. The minimum Gasteiger partial charge on any atom is -0.287 e. The third-order valence-corrected chi connectivity index (χ3v) is 3.20. The summed E-state index contributed by atoms with van der Waals surface area (Å²) in [6.07, 6.45) is 0. The van der Waals surface area contributed by atoms with Gasteiger partial charge in [0.25, 0.3) is 0 Å². The Morgan fingerprint density at radius 2 is 1.89 bits per heavy atom. The maximum absolute atomic E-state index is 12.4. The van der Waals surface area contributed by atoms with Gasteiger partial charge in [-0.05, 0) is 51.0 Å². The van der Waals surface area contributed by atoms with Gasteiger partial charge < -0.3 is 0 Å². The molecule has 94 valence electrons. The monoisotopic (exact) mass is 242 g/mol. The summed E-state index contributed by atoms with van der Waals surface area (Å²) in [7, 11) is 0. The van der Waals surface area contributed by atoms with E-state index in [4.69, 9.17) is 0 Å². The van der Waals surface area contributed by atoms with Crippen LogP contribution < -0.4 is 0 Å². The van der Waals surface area contributed by atoms with Crippen LogP contribution in [0.1, 0.15) is 39.8 Å². The van der Waals surface area contributed by atoms with Crippen LogP contribution in [0.15, 0.2) is 24.3 Å². The summed E-state index contributed by atoms with van der Waals surface area (Å²) in [5.41, 5.74) is 4.61. The number of ketones is 1. The zero-order chi connectivity index (χ0) is 13.3. The van der Waals surface area contributed by atoms with Crippen LogP contribution in [0, 0.1) is 20.8 Å². The maximum atomic E-state index is 12.4. The van der Waals surface area contributed by atoms with Crippen LogP contribution >= 0.6 is 0 Å². The van der Waals surface area contributed by atoms with E-state index in [2.05, 4.69) is 5.10 Å². The van der Waals surface area contributed by atoms with E-state index in [1.807, 2.05) is 52.0 Å². The number of aromatic nitrogens is 2. The Morgan fingerprint density at radius 3 is 2.50 bits per heavy atom. The van der Waals surface area contributed by atoms with Gasteiger partial charge in [0.2, 0.25) is 5.78 Å². The van der Waals surface area contributed by atoms with E-state index >= 15 is 0 Å². The largest absolute Gasteiger partial charge is 0.287 e. The first kappa shape index (κ1) is 12.6. The number of carbonyl (C=O) groups is 1. The molecule has 0 aliphatic carbocycles. The Bertz CT molecular complexity index is 597. The number of hydrogen-bond donors (Lipinski definition) is 0. The van der Waals surface area contributed by atoms with Crippen molar-refractivity contribution in [3.63, 3.8) is 0 Å². The molecular weight excluding hydrogens is 224 g/mol. The van der Waals surface area contributed by atoms with E-state index in [9.17, 15) is 4.79 Å². The molecule has 18 heavy (non-hydrogen) atoms. The average Bonchev–Trinajstić information content (AvgIpc) is 2.73. The fourth-order valence-electron chi connectivity index (χ4n) is 2.00. The molecule has 2 rings (SSSR count). The van der Waals surface area contributed by atoms with Crippen LogP contribution in [0.2, 0.25) is 0 Å². The molecule has 1 heterocycles. The molecule has 0 unspecified atom stereocenters. The molecule has 1 aromatic carbocycles. The summed E-state index contributed by atoms with van der Waals surface area (Å²) in [6.45, 7) is 8.67. The molecule has 0 N–H and O–H groups in total. The first-order valence-corrected chi connectivity index (χ1v) is 6.19. The molecule has 0 fully saturated rings. The molecule has 0 aliphatic rings.